The van der Waals surface area contributed by atoms with Crippen molar-refractivity contribution in [2.75, 3.05) is 16.8 Å². The van der Waals surface area contributed by atoms with E-state index in [2.05, 4.69) is 17.6 Å². The molecule has 1 atom stereocenters. The number of halogens is 1. The molecule has 0 aliphatic heterocycles. The molecule has 2 amide bonds. The van der Waals surface area contributed by atoms with Crippen LogP contribution in [0.25, 0.3) is 0 Å². The van der Waals surface area contributed by atoms with Crippen LogP contribution in [-0.4, -0.2) is 34.7 Å². The second-order valence-corrected chi connectivity index (χ2v) is 6.31. The van der Waals surface area contributed by atoms with Gasteiger partial charge in [-0.3, -0.25) is 0 Å². The third-order valence-electron chi connectivity index (χ3n) is 2.74. The Labute approximate surface area is 133 Å². The average Bonchev–Trinajstić information content (AvgIpc) is 2.40. The van der Waals surface area contributed by atoms with E-state index in [0.717, 1.165) is 17.9 Å². The fraction of sp³-hybridized carbons (Fsp3) is 0.429. The first kappa shape index (κ1) is 17.7. The minimum atomic E-state index is -1.14. The smallest absolute Gasteiger partial charge is 0.337 e. The molecule has 0 spiro atoms. The highest BCUT2D eigenvalue weighted by Crippen LogP contribution is 2.20. The Bertz CT molecular complexity index is 511. The number of carboxylic acid groups (broad SMARTS) is 1. The van der Waals surface area contributed by atoms with Crippen LogP contribution in [0.1, 0.15) is 30.6 Å². The summed E-state index contributed by atoms with van der Waals surface area (Å²) in [6.07, 6.45) is 0.859. The zero-order chi connectivity index (χ0) is 15.8. The third kappa shape index (κ3) is 6.27. The summed E-state index contributed by atoms with van der Waals surface area (Å²) < 4.78 is 0. The number of hydrogen-bond donors (Lipinski definition) is 3. The van der Waals surface area contributed by atoms with E-state index in [0.29, 0.717) is 5.02 Å². The summed E-state index contributed by atoms with van der Waals surface area (Å²) in [5.41, 5.74) is 0.186. The van der Waals surface area contributed by atoms with Crippen molar-refractivity contribution in [1.82, 2.24) is 5.32 Å². The van der Waals surface area contributed by atoms with Gasteiger partial charge in [-0.25, -0.2) is 9.59 Å². The molecule has 0 fully saturated rings. The zero-order valence-electron chi connectivity index (χ0n) is 12.0. The first-order valence-corrected chi connectivity index (χ1v) is 8.15. The lowest BCUT2D eigenvalue weighted by Gasteiger charge is -2.15. The highest BCUT2D eigenvalue weighted by molar-refractivity contribution is 7.99. The molecule has 0 bridgehead atoms. The number of nitrogens with one attached hydrogen (secondary N) is 2. The SMILES string of the molecule is CCSCCC(C)NC(=O)Nc1ccc(Cl)cc1C(=O)O. The highest BCUT2D eigenvalue weighted by Gasteiger charge is 2.14. The number of rotatable bonds is 7. The van der Waals surface area contributed by atoms with E-state index in [-0.39, 0.29) is 17.3 Å². The predicted molar refractivity (Wildman–Crippen MR) is 87.6 cm³/mol. The van der Waals surface area contributed by atoms with Crippen LogP contribution in [0.5, 0.6) is 0 Å². The van der Waals surface area contributed by atoms with Gasteiger partial charge in [0.05, 0.1) is 11.3 Å². The molecular formula is C14H19ClN2O3S. The number of thioether (sulfide) groups is 1. The molecule has 0 saturated heterocycles. The molecule has 7 heteroatoms. The summed E-state index contributed by atoms with van der Waals surface area (Å²) in [6, 6.07) is 3.91. The van der Waals surface area contributed by atoms with Gasteiger partial charge >= 0.3 is 12.0 Å². The normalized spacial score (nSPS) is 11.8. The van der Waals surface area contributed by atoms with Crippen LogP contribution in [-0.2, 0) is 0 Å². The Balaban J connectivity index is 2.60. The minimum absolute atomic E-state index is 0.0182. The molecular weight excluding hydrogens is 312 g/mol. The van der Waals surface area contributed by atoms with Gasteiger partial charge in [-0.05, 0) is 43.0 Å². The second-order valence-electron chi connectivity index (χ2n) is 4.48. The summed E-state index contributed by atoms with van der Waals surface area (Å²) in [5.74, 6) is 0.880. The van der Waals surface area contributed by atoms with Crippen LogP contribution < -0.4 is 10.6 Å². The van der Waals surface area contributed by atoms with Crippen molar-refractivity contribution in [3.8, 4) is 0 Å². The molecule has 0 aromatic heterocycles. The summed E-state index contributed by atoms with van der Waals surface area (Å²) in [4.78, 5) is 23.0. The number of carbonyl (C=O) groups excluding carboxylic acids is 1. The van der Waals surface area contributed by atoms with Gasteiger partial charge in [0.2, 0.25) is 0 Å². The van der Waals surface area contributed by atoms with Gasteiger partial charge in [-0.15, -0.1) is 0 Å². The van der Waals surface area contributed by atoms with Crippen molar-refractivity contribution in [1.29, 1.82) is 0 Å². The van der Waals surface area contributed by atoms with Gasteiger partial charge in [-0.1, -0.05) is 18.5 Å². The van der Waals surface area contributed by atoms with Crippen molar-refractivity contribution in [3.05, 3.63) is 28.8 Å². The summed E-state index contributed by atoms with van der Waals surface area (Å²) in [7, 11) is 0. The Kier molecular flexibility index (Phi) is 7.39. The lowest BCUT2D eigenvalue weighted by Crippen LogP contribution is -2.36. The Morgan fingerprint density at radius 3 is 2.76 bits per heavy atom. The van der Waals surface area contributed by atoms with Crippen LogP contribution in [0.4, 0.5) is 10.5 Å². The second kappa shape index (κ2) is 8.79. The van der Waals surface area contributed by atoms with Gasteiger partial charge in [-0.2, -0.15) is 11.8 Å². The molecule has 21 heavy (non-hydrogen) atoms. The fourth-order valence-corrected chi connectivity index (χ4v) is 2.64. The number of urea groups is 1. The topological polar surface area (TPSA) is 78.4 Å². The number of hydrogen-bond acceptors (Lipinski definition) is 3. The molecule has 0 saturated carbocycles. The Morgan fingerprint density at radius 2 is 2.14 bits per heavy atom. The van der Waals surface area contributed by atoms with Crippen molar-refractivity contribution in [3.63, 3.8) is 0 Å². The van der Waals surface area contributed by atoms with Gasteiger partial charge < -0.3 is 15.7 Å². The van der Waals surface area contributed by atoms with Crippen LogP contribution in [0.3, 0.4) is 0 Å². The fourth-order valence-electron chi connectivity index (χ4n) is 1.66. The molecule has 1 rings (SSSR count). The maximum absolute atomic E-state index is 11.9. The van der Waals surface area contributed by atoms with Gasteiger partial charge in [0.1, 0.15) is 0 Å². The van der Waals surface area contributed by atoms with Crippen LogP contribution >= 0.6 is 23.4 Å². The van der Waals surface area contributed by atoms with E-state index in [9.17, 15) is 9.59 Å². The molecule has 0 aliphatic carbocycles. The average molecular weight is 331 g/mol. The molecule has 116 valence electrons. The molecule has 0 heterocycles. The van der Waals surface area contributed by atoms with Crippen molar-refractivity contribution in [2.45, 2.75) is 26.3 Å². The first-order valence-electron chi connectivity index (χ1n) is 6.62. The van der Waals surface area contributed by atoms with E-state index in [4.69, 9.17) is 16.7 Å². The Morgan fingerprint density at radius 1 is 1.43 bits per heavy atom. The number of amides is 2. The molecule has 0 aliphatic rings. The lowest BCUT2D eigenvalue weighted by molar-refractivity contribution is 0.0698. The van der Waals surface area contributed by atoms with Gasteiger partial charge in [0.25, 0.3) is 0 Å². The van der Waals surface area contributed by atoms with E-state index in [1.807, 2.05) is 18.7 Å². The summed E-state index contributed by atoms with van der Waals surface area (Å²) in [5, 5.41) is 14.7. The number of benzene rings is 1. The van der Waals surface area contributed by atoms with Crippen molar-refractivity contribution >= 4 is 41.1 Å². The largest absolute Gasteiger partial charge is 0.478 e. The molecule has 1 aromatic rings. The van der Waals surface area contributed by atoms with Crippen molar-refractivity contribution < 1.29 is 14.7 Å². The number of carboxylic acids is 1. The highest BCUT2D eigenvalue weighted by atomic mass is 35.5. The van der Waals surface area contributed by atoms with E-state index in [1.165, 1.54) is 18.2 Å². The quantitative estimate of drug-likeness (QED) is 0.666. The standard InChI is InChI=1S/C14H19ClN2O3S/c1-3-21-7-6-9(2)16-14(20)17-12-5-4-10(15)8-11(12)13(18)19/h4-5,8-9H,3,6-7H2,1-2H3,(H,18,19)(H2,16,17,20). The molecule has 1 aromatic carbocycles. The number of carbonyl (C=O) groups is 2. The van der Waals surface area contributed by atoms with Gasteiger partial charge in [0, 0.05) is 11.1 Å². The van der Waals surface area contributed by atoms with Crippen LogP contribution in [0.15, 0.2) is 18.2 Å². The molecule has 5 nitrogen and oxygen atoms in total. The molecule has 3 N–H and O–H groups in total. The van der Waals surface area contributed by atoms with E-state index in [1.54, 1.807) is 0 Å². The van der Waals surface area contributed by atoms with Crippen LogP contribution in [0.2, 0.25) is 5.02 Å². The number of anilines is 1. The molecule has 1 unspecified atom stereocenters. The number of aromatic carboxylic acids is 1. The van der Waals surface area contributed by atoms with Crippen molar-refractivity contribution in [2.24, 2.45) is 0 Å². The monoisotopic (exact) mass is 330 g/mol. The van der Waals surface area contributed by atoms with Crippen LogP contribution in [0, 0.1) is 0 Å². The predicted octanol–water partition coefficient (Wildman–Crippen LogP) is 3.69. The van der Waals surface area contributed by atoms with Gasteiger partial charge in [0.15, 0.2) is 0 Å². The molecule has 0 radical (unpaired) electrons. The minimum Gasteiger partial charge on any atom is -0.478 e. The third-order valence-corrected chi connectivity index (χ3v) is 3.90. The van der Waals surface area contributed by atoms with E-state index < -0.39 is 12.0 Å². The van der Waals surface area contributed by atoms with E-state index >= 15 is 0 Å². The Hall–Kier alpha value is -1.40. The lowest BCUT2D eigenvalue weighted by atomic mass is 10.2. The first-order chi connectivity index (χ1) is 9.93. The summed E-state index contributed by atoms with van der Waals surface area (Å²) >= 11 is 7.57. The maximum Gasteiger partial charge on any atom is 0.337 e. The maximum atomic E-state index is 11.9. The zero-order valence-corrected chi connectivity index (χ0v) is 13.6. The summed E-state index contributed by atoms with van der Waals surface area (Å²) in [6.45, 7) is 4.00.